The third-order valence-electron chi connectivity index (χ3n) is 4.18. The zero-order chi connectivity index (χ0) is 14.7. The van der Waals surface area contributed by atoms with Crippen LogP contribution in [0.4, 0.5) is 11.4 Å². The lowest BCUT2D eigenvalue weighted by atomic mass is 9.94. The van der Waals surface area contributed by atoms with E-state index < -0.39 is 0 Å². The molecule has 0 bridgehead atoms. The van der Waals surface area contributed by atoms with Crippen molar-refractivity contribution in [3.8, 4) is 0 Å². The summed E-state index contributed by atoms with van der Waals surface area (Å²) in [5, 5.41) is 3.54. The predicted octanol–water partition coefficient (Wildman–Crippen LogP) is 3.42. The number of nitrogens with two attached hydrogens (primary N) is 1. The van der Waals surface area contributed by atoms with E-state index in [-0.39, 0.29) is 5.97 Å². The Kier molecular flexibility index (Phi) is 4.53. The van der Waals surface area contributed by atoms with Gasteiger partial charge in [0.2, 0.25) is 0 Å². The van der Waals surface area contributed by atoms with Gasteiger partial charge in [0.25, 0.3) is 0 Å². The van der Waals surface area contributed by atoms with Crippen molar-refractivity contribution in [3.05, 3.63) is 22.8 Å². The molecule has 0 amide bonds. The van der Waals surface area contributed by atoms with Crippen molar-refractivity contribution < 1.29 is 9.53 Å². The van der Waals surface area contributed by atoms with Crippen LogP contribution in [0.25, 0.3) is 0 Å². The van der Waals surface area contributed by atoms with Crippen LogP contribution in [0.1, 0.15) is 53.6 Å². The second-order valence-corrected chi connectivity index (χ2v) is 5.63. The Morgan fingerprint density at radius 3 is 2.55 bits per heavy atom. The number of nitrogen functional groups attached to an aromatic ring is 1. The number of ether oxygens (including phenoxy) is 1. The number of hydrogen-bond acceptors (Lipinski definition) is 4. The first kappa shape index (κ1) is 14.7. The average molecular weight is 276 g/mol. The third kappa shape index (κ3) is 2.89. The third-order valence-corrected chi connectivity index (χ3v) is 4.18. The number of hydrogen-bond donors (Lipinski definition) is 2. The van der Waals surface area contributed by atoms with Crippen LogP contribution < -0.4 is 11.1 Å². The lowest BCUT2D eigenvalue weighted by molar-refractivity contribution is 0.0599. The zero-order valence-corrected chi connectivity index (χ0v) is 12.6. The Hall–Kier alpha value is -1.71. The molecule has 0 spiro atoms. The van der Waals surface area contributed by atoms with Crippen LogP contribution >= 0.6 is 0 Å². The Morgan fingerprint density at radius 1 is 1.30 bits per heavy atom. The molecule has 1 aliphatic rings. The summed E-state index contributed by atoms with van der Waals surface area (Å²) in [6, 6.07) is 2.46. The minimum Gasteiger partial charge on any atom is -0.465 e. The molecule has 20 heavy (non-hydrogen) atoms. The molecule has 0 unspecified atom stereocenters. The van der Waals surface area contributed by atoms with Gasteiger partial charge in [-0.25, -0.2) is 4.79 Å². The molecule has 1 fully saturated rings. The van der Waals surface area contributed by atoms with Crippen LogP contribution in [0.5, 0.6) is 0 Å². The summed E-state index contributed by atoms with van der Waals surface area (Å²) in [6.07, 6.45) is 6.26. The molecule has 0 radical (unpaired) electrons. The molecule has 4 heteroatoms. The maximum atomic E-state index is 11.8. The molecular formula is C16H24N2O2. The Balaban J connectivity index is 2.29. The maximum Gasteiger partial charge on any atom is 0.338 e. The first-order valence-electron chi connectivity index (χ1n) is 7.29. The smallest absolute Gasteiger partial charge is 0.338 e. The van der Waals surface area contributed by atoms with E-state index in [2.05, 4.69) is 5.32 Å². The Labute approximate surface area is 120 Å². The first-order valence-corrected chi connectivity index (χ1v) is 7.29. The number of rotatable bonds is 3. The van der Waals surface area contributed by atoms with Gasteiger partial charge in [-0.05, 0) is 43.9 Å². The molecule has 0 aliphatic heterocycles. The lowest BCUT2D eigenvalue weighted by Crippen LogP contribution is -2.23. The van der Waals surface area contributed by atoms with Crippen molar-refractivity contribution in [2.24, 2.45) is 0 Å². The zero-order valence-electron chi connectivity index (χ0n) is 12.6. The van der Waals surface area contributed by atoms with Gasteiger partial charge in [-0.15, -0.1) is 0 Å². The number of methoxy groups -OCH3 is 1. The standard InChI is InChI=1S/C16H24N2O2/c1-10-9-13(18-12-7-5-4-6-8-12)15(17)11(2)14(10)16(19)20-3/h9,12,18H,4-8,17H2,1-3H3. The number of anilines is 2. The summed E-state index contributed by atoms with van der Waals surface area (Å²) in [4.78, 5) is 11.8. The van der Waals surface area contributed by atoms with E-state index in [1.54, 1.807) is 0 Å². The highest BCUT2D eigenvalue weighted by atomic mass is 16.5. The second-order valence-electron chi connectivity index (χ2n) is 5.63. The summed E-state index contributed by atoms with van der Waals surface area (Å²) < 4.78 is 4.83. The topological polar surface area (TPSA) is 64.3 Å². The molecule has 1 aliphatic carbocycles. The number of carbonyl (C=O) groups excluding carboxylic acids is 1. The SMILES string of the molecule is COC(=O)c1c(C)cc(NC2CCCCC2)c(N)c1C. The summed E-state index contributed by atoms with van der Waals surface area (Å²) in [6.45, 7) is 3.80. The molecule has 1 aromatic rings. The molecule has 1 aromatic carbocycles. The number of carbonyl (C=O) groups is 1. The largest absolute Gasteiger partial charge is 0.465 e. The minimum absolute atomic E-state index is 0.323. The minimum atomic E-state index is -0.323. The van der Waals surface area contributed by atoms with E-state index in [9.17, 15) is 4.79 Å². The fourth-order valence-electron chi connectivity index (χ4n) is 3.00. The van der Waals surface area contributed by atoms with Gasteiger partial charge in [0, 0.05) is 6.04 Å². The second kappa shape index (κ2) is 6.16. The number of nitrogens with one attached hydrogen (secondary N) is 1. The summed E-state index contributed by atoms with van der Waals surface area (Å²) in [5.41, 5.74) is 10.1. The normalized spacial score (nSPS) is 15.9. The van der Waals surface area contributed by atoms with Crippen molar-refractivity contribution in [3.63, 3.8) is 0 Å². The lowest BCUT2D eigenvalue weighted by Gasteiger charge is -2.26. The molecule has 1 saturated carbocycles. The summed E-state index contributed by atoms with van der Waals surface area (Å²) >= 11 is 0. The van der Waals surface area contributed by atoms with Crippen LogP contribution in [0.3, 0.4) is 0 Å². The number of esters is 1. The van der Waals surface area contributed by atoms with Crippen molar-refractivity contribution >= 4 is 17.3 Å². The quantitative estimate of drug-likeness (QED) is 0.656. The van der Waals surface area contributed by atoms with Crippen LogP contribution in [0.15, 0.2) is 6.07 Å². The van der Waals surface area contributed by atoms with E-state index >= 15 is 0 Å². The fourth-order valence-corrected chi connectivity index (χ4v) is 3.00. The van der Waals surface area contributed by atoms with Gasteiger partial charge >= 0.3 is 5.97 Å². The molecule has 3 N–H and O–H groups in total. The highest BCUT2D eigenvalue weighted by Gasteiger charge is 2.20. The number of benzene rings is 1. The van der Waals surface area contributed by atoms with E-state index in [0.29, 0.717) is 17.3 Å². The molecule has 110 valence electrons. The van der Waals surface area contributed by atoms with Crippen molar-refractivity contribution in [1.29, 1.82) is 0 Å². The van der Waals surface area contributed by atoms with Gasteiger partial charge in [0.1, 0.15) is 0 Å². The number of aryl methyl sites for hydroxylation is 1. The monoisotopic (exact) mass is 276 g/mol. The van der Waals surface area contributed by atoms with Gasteiger partial charge in [-0.1, -0.05) is 19.3 Å². The van der Waals surface area contributed by atoms with Crippen LogP contribution in [-0.2, 0) is 4.74 Å². The Bertz CT molecular complexity index is 506. The van der Waals surface area contributed by atoms with E-state index in [4.69, 9.17) is 10.5 Å². The highest BCUT2D eigenvalue weighted by Crippen LogP contribution is 2.31. The fraction of sp³-hybridized carbons (Fsp3) is 0.562. The molecule has 0 aromatic heterocycles. The molecule has 0 saturated heterocycles. The molecule has 4 nitrogen and oxygen atoms in total. The Morgan fingerprint density at radius 2 is 1.95 bits per heavy atom. The van der Waals surface area contributed by atoms with Crippen LogP contribution in [0, 0.1) is 13.8 Å². The van der Waals surface area contributed by atoms with E-state index in [1.165, 1.54) is 39.2 Å². The van der Waals surface area contributed by atoms with Crippen LogP contribution in [0.2, 0.25) is 0 Å². The summed E-state index contributed by atoms with van der Waals surface area (Å²) in [5.74, 6) is -0.323. The molecule has 0 atom stereocenters. The van der Waals surface area contributed by atoms with Gasteiger partial charge in [-0.2, -0.15) is 0 Å². The maximum absolute atomic E-state index is 11.8. The average Bonchev–Trinajstić information content (AvgIpc) is 2.45. The summed E-state index contributed by atoms with van der Waals surface area (Å²) in [7, 11) is 1.39. The van der Waals surface area contributed by atoms with Gasteiger partial charge in [0.05, 0.1) is 24.0 Å². The molecule has 2 rings (SSSR count). The van der Waals surface area contributed by atoms with E-state index in [0.717, 1.165) is 16.8 Å². The van der Waals surface area contributed by atoms with E-state index in [1.807, 2.05) is 19.9 Å². The molecular weight excluding hydrogens is 252 g/mol. The van der Waals surface area contributed by atoms with Gasteiger partial charge in [0.15, 0.2) is 0 Å². The van der Waals surface area contributed by atoms with Gasteiger partial charge < -0.3 is 15.8 Å². The predicted molar refractivity (Wildman–Crippen MR) is 82.2 cm³/mol. The van der Waals surface area contributed by atoms with Crippen molar-refractivity contribution in [1.82, 2.24) is 0 Å². The first-order chi connectivity index (χ1) is 9.54. The molecule has 0 heterocycles. The highest BCUT2D eigenvalue weighted by molar-refractivity contribution is 5.96. The van der Waals surface area contributed by atoms with Crippen molar-refractivity contribution in [2.45, 2.75) is 52.0 Å². The van der Waals surface area contributed by atoms with Gasteiger partial charge in [-0.3, -0.25) is 0 Å². The van der Waals surface area contributed by atoms with Crippen LogP contribution in [-0.4, -0.2) is 19.1 Å². The van der Waals surface area contributed by atoms with Crippen molar-refractivity contribution in [2.75, 3.05) is 18.2 Å².